The Kier molecular flexibility index (Phi) is 10.3. The molecule has 5 aromatic rings. The lowest BCUT2D eigenvalue weighted by atomic mass is 9.78. The Bertz CT molecular complexity index is 1910. The largest absolute Gasteiger partial charge is 0.461 e. The number of rotatable bonds is 6. The number of ether oxygens (including phenoxy) is 1. The number of H-pyrrole nitrogens is 2. The molecule has 5 heterocycles. The third-order valence-electron chi connectivity index (χ3n) is 7.77. The number of aromatic amines is 2. The number of nitrogens with zero attached hydrogens (tertiary/aromatic N) is 5. The number of carbonyl (C=O) groups is 2. The summed E-state index contributed by atoms with van der Waals surface area (Å²) >= 11 is 6.06. The van der Waals surface area contributed by atoms with Crippen molar-refractivity contribution in [2.75, 3.05) is 19.7 Å². The van der Waals surface area contributed by atoms with Gasteiger partial charge in [0.1, 0.15) is 5.69 Å². The Morgan fingerprint density at radius 2 is 1.62 bits per heavy atom. The molecule has 1 saturated heterocycles. The van der Waals surface area contributed by atoms with Crippen molar-refractivity contribution >= 4 is 29.6 Å². The van der Waals surface area contributed by atoms with Gasteiger partial charge in [0.05, 0.1) is 29.4 Å². The Hall–Kier alpha value is -5.09. The fourth-order valence-electron chi connectivity index (χ4n) is 5.37. The SMILES string of the molecule is CCOC(=O)c1cc(-c2cccc(C)n2)[nH]n1.Cc1cccc(-c2cc(/C=C3\CCN(C(=O)c4cccc(Cl)c4)CC3(C)C)[nH]n2)n1. The van der Waals surface area contributed by atoms with Crippen LogP contribution in [0.4, 0.5) is 0 Å². The number of aryl methyl sites for hydroxylation is 2. The van der Waals surface area contributed by atoms with Gasteiger partial charge in [0.2, 0.25) is 0 Å². The predicted molar refractivity (Wildman–Crippen MR) is 183 cm³/mol. The molecule has 4 aromatic heterocycles. The van der Waals surface area contributed by atoms with Crippen LogP contribution in [-0.4, -0.2) is 66.8 Å². The molecular formula is C36H38ClN7O3. The zero-order chi connectivity index (χ0) is 33.6. The molecular weight excluding hydrogens is 614 g/mol. The van der Waals surface area contributed by atoms with Gasteiger partial charge in [-0.2, -0.15) is 10.2 Å². The van der Waals surface area contributed by atoms with Crippen LogP contribution in [-0.2, 0) is 4.74 Å². The van der Waals surface area contributed by atoms with Crippen LogP contribution in [0.1, 0.15) is 65.1 Å². The summed E-state index contributed by atoms with van der Waals surface area (Å²) in [5, 5.41) is 14.8. The number of halogens is 1. The van der Waals surface area contributed by atoms with Crippen molar-refractivity contribution in [1.82, 2.24) is 35.3 Å². The van der Waals surface area contributed by atoms with Crippen molar-refractivity contribution in [1.29, 1.82) is 0 Å². The highest BCUT2D eigenvalue weighted by Crippen LogP contribution is 2.36. The summed E-state index contributed by atoms with van der Waals surface area (Å²) in [6.07, 6.45) is 2.98. The van der Waals surface area contributed by atoms with E-state index in [9.17, 15) is 9.59 Å². The average molecular weight is 652 g/mol. The number of amides is 1. The number of likely N-dealkylation sites (tertiary alicyclic amines) is 1. The van der Waals surface area contributed by atoms with Gasteiger partial charge in [-0.3, -0.25) is 25.0 Å². The van der Waals surface area contributed by atoms with Gasteiger partial charge < -0.3 is 9.64 Å². The number of esters is 1. The highest BCUT2D eigenvalue weighted by Gasteiger charge is 2.33. The maximum absolute atomic E-state index is 12.9. The number of benzene rings is 1. The topological polar surface area (TPSA) is 130 Å². The van der Waals surface area contributed by atoms with E-state index in [1.165, 1.54) is 5.57 Å². The molecule has 6 rings (SSSR count). The predicted octanol–water partition coefficient (Wildman–Crippen LogP) is 7.35. The van der Waals surface area contributed by atoms with Gasteiger partial charge in [-0.15, -0.1) is 0 Å². The Morgan fingerprint density at radius 1 is 0.915 bits per heavy atom. The Labute approximate surface area is 279 Å². The maximum Gasteiger partial charge on any atom is 0.358 e. The molecule has 1 aromatic carbocycles. The van der Waals surface area contributed by atoms with E-state index in [0.29, 0.717) is 36.0 Å². The number of carbonyl (C=O) groups excluding carboxylic acids is 2. The molecule has 1 fully saturated rings. The number of aromatic nitrogens is 6. The molecule has 242 valence electrons. The first kappa shape index (κ1) is 33.3. The first-order valence-electron chi connectivity index (χ1n) is 15.4. The molecule has 0 aliphatic carbocycles. The van der Waals surface area contributed by atoms with E-state index in [1.807, 2.05) is 73.3 Å². The van der Waals surface area contributed by atoms with E-state index in [-0.39, 0.29) is 17.0 Å². The third kappa shape index (κ3) is 8.39. The molecule has 0 atom stereocenters. The summed E-state index contributed by atoms with van der Waals surface area (Å²) in [5.41, 5.74) is 8.04. The van der Waals surface area contributed by atoms with Crippen molar-refractivity contribution in [2.24, 2.45) is 5.41 Å². The molecule has 1 aliphatic heterocycles. The first-order valence-corrected chi connectivity index (χ1v) is 15.8. The van der Waals surface area contributed by atoms with Crippen LogP contribution in [0.2, 0.25) is 5.02 Å². The van der Waals surface area contributed by atoms with Crippen LogP contribution < -0.4 is 0 Å². The van der Waals surface area contributed by atoms with Crippen LogP contribution in [0.25, 0.3) is 28.9 Å². The lowest BCUT2D eigenvalue weighted by molar-refractivity contribution is 0.0519. The monoisotopic (exact) mass is 651 g/mol. The fraction of sp³-hybridized carbons (Fsp3) is 0.278. The summed E-state index contributed by atoms with van der Waals surface area (Å²) < 4.78 is 4.86. The molecule has 0 unspecified atom stereocenters. The van der Waals surface area contributed by atoms with Crippen molar-refractivity contribution in [3.63, 3.8) is 0 Å². The van der Waals surface area contributed by atoms with E-state index >= 15 is 0 Å². The second-order valence-electron chi connectivity index (χ2n) is 12.0. The number of nitrogens with one attached hydrogen (secondary N) is 2. The molecule has 2 N–H and O–H groups in total. The summed E-state index contributed by atoms with van der Waals surface area (Å²) in [4.78, 5) is 35.1. The molecule has 0 bridgehead atoms. The van der Waals surface area contributed by atoms with Gasteiger partial charge in [-0.1, -0.05) is 49.2 Å². The van der Waals surface area contributed by atoms with Crippen molar-refractivity contribution < 1.29 is 14.3 Å². The van der Waals surface area contributed by atoms with E-state index in [4.69, 9.17) is 16.3 Å². The summed E-state index contributed by atoms with van der Waals surface area (Å²) in [6.45, 7) is 11.7. The summed E-state index contributed by atoms with van der Waals surface area (Å²) in [7, 11) is 0. The van der Waals surface area contributed by atoms with Crippen molar-refractivity contribution in [3.05, 3.63) is 112 Å². The van der Waals surface area contributed by atoms with Gasteiger partial charge in [-0.05, 0) is 81.8 Å². The van der Waals surface area contributed by atoms with Gasteiger partial charge >= 0.3 is 5.97 Å². The second kappa shape index (κ2) is 14.6. The minimum atomic E-state index is -0.428. The van der Waals surface area contributed by atoms with E-state index in [2.05, 4.69) is 50.3 Å². The van der Waals surface area contributed by atoms with Gasteiger partial charge in [0.15, 0.2) is 5.69 Å². The summed E-state index contributed by atoms with van der Waals surface area (Å²) in [6, 6.07) is 22.4. The molecule has 1 amide bonds. The van der Waals surface area contributed by atoms with Crippen LogP contribution in [0.3, 0.4) is 0 Å². The highest BCUT2D eigenvalue weighted by atomic mass is 35.5. The van der Waals surface area contributed by atoms with Crippen LogP contribution in [0, 0.1) is 19.3 Å². The molecule has 0 saturated carbocycles. The zero-order valence-electron chi connectivity index (χ0n) is 27.2. The lowest BCUT2D eigenvalue weighted by Gasteiger charge is -2.40. The number of piperidine rings is 1. The highest BCUT2D eigenvalue weighted by molar-refractivity contribution is 6.31. The maximum atomic E-state index is 12.9. The van der Waals surface area contributed by atoms with Crippen molar-refractivity contribution in [2.45, 2.75) is 41.0 Å². The fourth-order valence-corrected chi connectivity index (χ4v) is 5.56. The van der Waals surface area contributed by atoms with E-state index in [0.717, 1.165) is 40.6 Å². The molecule has 11 heteroatoms. The number of hydrogen-bond donors (Lipinski definition) is 2. The van der Waals surface area contributed by atoms with Crippen molar-refractivity contribution in [3.8, 4) is 22.8 Å². The minimum Gasteiger partial charge on any atom is -0.461 e. The van der Waals surface area contributed by atoms with Crippen LogP contribution in [0.15, 0.2) is 78.4 Å². The third-order valence-corrected chi connectivity index (χ3v) is 8.01. The molecule has 1 aliphatic rings. The smallest absolute Gasteiger partial charge is 0.358 e. The molecule has 0 radical (unpaired) electrons. The van der Waals surface area contributed by atoms with E-state index < -0.39 is 5.97 Å². The summed E-state index contributed by atoms with van der Waals surface area (Å²) in [5.74, 6) is -0.401. The van der Waals surface area contributed by atoms with E-state index in [1.54, 1.807) is 25.1 Å². The van der Waals surface area contributed by atoms with Gasteiger partial charge in [-0.25, -0.2) is 4.79 Å². The zero-order valence-corrected chi connectivity index (χ0v) is 27.9. The average Bonchev–Trinajstić information content (AvgIpc) is 3.73. The second-order valence-corrected chi connectivity index (χ2v) is 12.4. The normalized spacial score (nSPS) is 14.8. The van der Waals surface area contributed by atoms with Gasteiger partial charge in [0.25, 0.3) is 5.91 Å². The molecule has 10 nitrogen and oxygen atoms in total. The Morgan fingerprint density at radius 3 is 2.30 bits per heavy atom. The van der Waals surface area contributed by atoms with Crippen LogP contribution >= 0.6 is 11.6 Å². The van der Waals surface area contributed by atoms with Gasteiger partial charge in [0, 0.05) is 46.5 Å². The number of pyridine rings is 2. The quantitative estimate of drug-likeness (QED) is 0.184. The standard InChI is InChI=1S/C24H25ClN4O.C12H13N3O2/c1-16-6-4-9-21(26-16)22-14-20(27-28-22)13-18-10-11-29(15-24(18,2)3)23(30)17-7-5-8-19(25)12-17;1-3-17-12(16)11-7-10(14-15-11)9-6-4-5-8(2)13-9/h4-9,12-14H,10-11,15H2,1-3H3,(H,27,28);4-7H,3H2,1-2H3,(H,14,15)/b18-13+;. The lowest BCUT2D eigenvalue weighted by Crippen LogP contribution is -2.44. The molecule has 47 heavy (non-hydrogen) atoms. The first-order chi connectivity index (χ1) is 22.5. The molecule has 0 spiro atoms. The minimum absolute atomic E-state index is 0.0268. The number of hydrogen-bond acceptors (Lipinski definition) is 7. The van der Waals surface area contributed by atoms with Crippen LogP contribution in [0.5, 0.6) is 0 Å². The Balaban J connectivity index is 0.000000216.